The minimum Gasteiger partial charge on any atom is -0.489 e. The number of fused-ring (bicyclic) bond motifs is 1. The number of nitrogens with one attached hydrogen (secondary N) is 1. The van der Waals surface area contributed by atoms with Gasteiger partial charge in [-0.1, -0.05) is 18.2 Å². The topological polar surface area (TPSA) is 61.8 Å². The largest absolute Gasteiger partial charge is 0.489 e. The maximum atomic E-state index is 13.7. The highest BCUT2D eigenvalue weighted by Crippen LogP contribution is 2.38. The molecule has 0 radical (unpaired) electrons. The predicted molar refractivity (Wildman–Crippen MR) is 115 cm³/mol. The number of likely N-dealkylation sites (tertiary alicyclic amines) is 1. The van der Waals surface area contributed by atoms with Crippen LogP contribution in [0.1, 0.15) is 35.2 Å². The Bertz CT molecular complexity index is 864. The zero-order valence-electron chi connectivity index (χ0n) is 16.9. The number of carbonyl (C=O) groups excluding carboxylic acids is 1. The maximum Gasteiger partial charge on any atom is 0.253 e. The van der Waals surface area contributed by atoms with Gasteiger partial charge in [-0.25, -0.2) is 4.39 Å². The van der Waals surface area contributed by atoms with Gasteiger partial charge in [-0.05, 0) is 56.1 Å². The minimum atomic E-state index is -0.292. The second-order valence-corrected chi connectivity index (χ2v) is 8.04. The number of aliphatic hydroxyl groups is 1. The van der Waals surface area contributed by atoms with Crippen LogP contribution in [0.5, 0.6) is 5.75 Å². The Balaban J connectivity index is 0.00000256. The van der Waals surface area contributed by atoms with E-state index in [9.17, 15) is 14.3 Å². The van der Waals surface area contributed by atoms with Crippen molar-refractivity contribution in [2.75, 3.05) is 26.2 Å². The first-order valence-electron chi connectivity index (χ1n) is 10.2. The standard InChI is InChI=1S/C23H27FN2O3.ClH/c24-20-5-2-1-4-18(20)15-29-19-8-6-17(7-9-19)22(28)26-13-11-23(16-27)10-3-12-25-21(23)14-26;/h1-2,4-9,21,25,27H,3,10-16H2;1H/t21-,23-;/m1./s1. The van der Waals surface area contributed by atoms with Gasteiger partial charge in [0.1, 0.15) is 18.2 Å². The molecule has 162 valence electrons. The van der Waals surface area contributed by atoms with Crippen LogP contribution in [0.25, 0.3) is 0 Å². The van der Waals surface area contributed by atoms with E-state index in [2.05, 4.69) is 5.32 Å². The fourth-order valence-electron chi connectivity index (χ4n) is 4.44. The third-order valence-electron chi connectivity index (χ3n) is 6.32. The highest BCUT2D eigenvalue weighted by molar-refractivity contribution is 5.94. The van der Waals surface area contributed by atoms with Crippen LogP contribution in [0, 0.1) is 11.2 Å². The normalized spacial score (nSPS) is 23.3. The number of carbonyl (C=O) groups is 1. The van der Waals surface area contributed by atoms with Crippen molar-refractivity contribution in [3.05, 3.63) is 65.5 Å². The molecule has 2 aliphatic heterocycles. The molecule has 2 aliphatic rings. The summed E-state index contributed by atoms with van der Waals surface area (Å²) in [7, 11) is 0. The van der Waals surface area contributed by atoms with Crippen LogP contribution in [-0.2, 0) is 6.61 Å². The SMILES string of the molecule is Cl.O=C(c1ccc(OCc2ccccc2F)cc1)N1CC[C@@]2(CO)CCCN[C@@H]2C1. The second-order valence-electron chi connectivity index (χ2n) is 8.04. The molecular formula is C23H28ClFN2O3. The van der Waals surface area contributed by atoms with E-state index in [0.29, 0.717) is 30.0 Å². The number of benzene rings is 2. The summed E-state index contributed by atoms with van der Waals surface area (Å²) in [5, 5.41) is 13.4. The molecule has 0 aromatic heterocycles. The number of rotatable bonds is 5. The Kier molecular flexibility index (Phi) is 7.34. The molecule has 0 bridgehead atoms. The average Bonchev–Trinajstić information content (AvgIpc) is 2.78. The molecule has 2 heterocycles. The number of hydrogen-bond donors (Lipinski definition) is 2. The van der Waals surface area contributed by atoms with E-state index in [-0.39, 0.29) is 48.8 Å². The van der Waals surface area contributed by atoms with Crippen LogP contribution in [0.4, 0.5) is 4.39 Å². The third kappa shape index (κ3) is 4.61. The Morgan fingerprint density at radius 1 is 1.20 bits per heavy atom. The molecule has 0 unspecified atom stereocenters. The lowest BCUT2D eigenvalue weighted by molar-refractivity contribution is -0.00882. The van der Waals surface area contributed by atoms with E-state index in [0.717, 1.165) is 25.8 Å². The lowest BCUT2D eigenvalue weighted by atomic mass is 9.70. The smallest absolute Gasteiger partial charge is 0.253 e. The zero-order valence-corrected chi connectivity index (χ0v) is 17.7. The van der Waals surface area contributed by atoms with E-state index in [1.54, 1.807) is 42.5 Å². The van der Waals surface area contributed by atoms with Crippen molar-refractivity contribution >= 4 is 18.3 Å². The van der Waals surface area contributed by atoms with Gasteiger partial charge >= 0.3 is 0 Å². The van der Waals surface area contributed by atoms with Gasteiger partial charge in [0.05, 0.1) is 6.61 Å². The Morgan fingerprint density at radius 3 is 2.70 bits per heavy atom. The molecule has 2 atom stereocenters. The van der Waals surface area contributed by atoms with Crippen LogP contribution in [0.3, 0.4) is 0 Å². The molecule has 0 saturated carbocycles. The molecule has 4 rings (SSSR count). The fourth-order valence-corrected chi connectivity index (χ4v) is 4.44. The number of hydrogen-bond acceptors (Lipinski definition) is 4. The fraction of sp³-hybridized carbons (Fsp3) is 0.435. The van der Waals surface area contributed by atoms with Crippen molar-refractivity contribution in [1.29, 1.82) is 0 Å². The lowest BCUT2D eigenvalue weighted by Crippen LogP contribution is -2.62. The Labute approximate surface area is 182 Å². The van der Waals surface area contributed by atoms with Crippen molar-refractivity contribution in [3.63, 3.8) is 0 Å². The first kappa shape index (κ1) is 22.5. The molecule has 1 amide bonds. The number of ether oxygens (including phenoxy) is 1. The molecule has 2 fully saturated rings. The second kappa shape index (κ2) is 9.77. The Morgan fingerprint density at radius 2 is 1.97 bits per heavy atom. The molecule has 2 saturated heterocycles. The van der Waals surface area contributed by atoms with E-state index >= 15 is 0 Å². The molecule has 30 heavy (non-hydrogen) atoms. The van der Waals surface area contributed by atoms with Gasteiger partial charge in [0.2, 0.25) is 0 Å². The van der Waals surface area contributed by atoms with Crippen LogP contribution in [0.2, 0.25) is 0 Å². The highest BCUT2D eigenvalue weighted by Gasteiger charge is 2.44. The summed E-state index contributed by atoms with van der Waals surface area (Å²) < 4.78 is 19.3. The third-order valence-corrected chi connectivity index (χ3v) is 6.32. The van der Waals surface area contributed by atoms with Crippen molar-refractivity contribution in [2.45, 2.75) is 31.9 Å². The van der Waals surface area contributed by atoms with Crippen molar-refractivity contribution in [1.82, 2.24) is 10.2 Å². The highest BCUT2D eigenvalue weighted by atomic mass is 35.5. The van der Waals surface area contributed by atoms with Crippen molar-refractivity contribution in [2.24, 2.45) is 5.41 Å². The summed E-state index contributed by atoms with van der Waals surface area (Å²) in [5.74, 6) is 0.293. The molecule has 2 aromatic carbocycles. The van der Waals surface area contributed by atoms with Gasteiger partial charge in [-0.3, -0.25) is 4.79 Å². The summed E-state index contributed by atoms with van der Waals surface area (Å²) in [5.41, 5.74) is 1.00. The number of amides is 1. The number of aliphatic hydroxyl groups excluding tert-OH is 1. The van der Waals surface area contributed by atoms with Crippen LogP contribution in [0.15, 0.2) is 48.5 Å². The molecule has 2 aromatic rings. The summed E-state index contributed by atoms with van der Waals surface area (Å²) in [4.78, 5) is 14.8. The van der Waals surface area contributed by atoms with E-state index in [1.807, 2.05) is 4.90 Å². The molecule has 5 nitrogen and oxygen atoms in total. The molecule has 7 heteroatoms. The molecule has 0 spiro atoms. The van der Waals surface area contributed by atoms with Crippen LogP contribution in [-0.4, -0.2) is 48.2 Å². The van der Waals surface area contributed by atoms with E-state index in [1.165, 1.54) is 6.07 Å². The van der Waals surface area contributed by atoms with Gasteiger partial charge in [0.15, 0.2) is 0 Å². The minimum absolute atomic E-state index is 0. The first-order valence-corrected chi connectivity index (χ1v) is 10.2. The summed E-state index contributed by atoms with van der Waals surface area (Å²) in [6.45, 7) is 2.51. The maximum absolute atomic E-state index is 13.7. The van der Waals surface area contributed by atoms with Gasteiger partial charge in [-0.15, -0.1) is 12.4 Å². The van der Waals surface area contributed by atoms with E-state index in [4.69, 9.17) is 4.74 Å². The number of nitrogens with zero attached hydrogens (tertiary/aromatic N) is 1. The summed E-state index contributed by atoms with van der Waals surface area (Å²) in [6.07, 6.45) is 2.90. The quantitative estimate of drug-likeness (QED) is 0.757. The van der Waals surface area contributed by atoms with Crippen LogP contribution < -0.4 is 10.1 Å². The monoisotopic (exact) mass is 434 g/mol. The molecule has 2 N–H and O–H groups in total. The first-order chi connectivity index (χ1) is 14.1. The number of piperidine rings is 2. The van der Waals surface area contributed by atoms with Crippen molar-refractivity contribution < 1.29 is 19.0 Å². The van der Waals surface area contributed by atoms with Crippen LogP contribution >= 0.6 is 12.4 Å². The lowest BCUT2D eigenvalue weighted by Gasteiger charge is -2.50. The molecule has 0 aliphatic carbocycles. The predicted octanol–water partition coefficient (Wildman–Crippen LogP) is 3.40. The van der Waals surface area contributed by atoms with Gasteiger partial charge in [0.25, 0.3) is 5.91 Å². The number of halogens is 2. The van der Waals surface area contributed by atoms with Crippen molar-refractivity contribution in [3.8, 4) is 5.75 Å². The zero-order chi connectivity index (χ0) is 20.3. The van der Waals surface area contributed by atoms with E-state index < -0.39 is 0 Å². The van der Waals surface area contributed by atoms with Gasteiger partial charge < -0.3 is 20.1 Å². The van der Waals surface area contributed by atoms with Gasteiger partial charge in [0, 0.05) is 35.7 Å². The summed E-state index contributed by atoms with van der Waals surface area (Å²) in [6, 6.07) is 13.7. The average molecular weight is 435 g/mol. The Hall–Kier alpha value is -2.15. The van der Waals surface area contributed by atoms with Gasteiger partial charge in [-0.2, -0.15) is 0 Å². The molecular weight excluding hydrogens is 407 g/mol. The summed E-state index contributed by atoms with van der Waals surface area (Å²) >= 11 is 0.